The van der Waals surface area contributed by atoms with E-state index in [-0.39, 0.29) is 23.7 Å². The molecule has 2 amide bonds. The summed E-state index contributed by atoms with van der Waals surface area (Å²) >= 11 is 0. The number of likely N-dealkylation sites (tertiary alicyclic amines) is 1. The van der Waals surface area contributed by atoms with Crippen LogP contribution in [0, 0.1) is 11.8 Å². The molecule has 3 rings (SSSR count). The van der Waals surface area contributed by atoms with Gasteiger partial charge in [0.1, 0.15) is 0 Å². The summed E-state index contributed by atoms with van der Waals surface area (Å²) in [6.45, 7) is 1.43. The number of carboxylic acid groups (broad SMARTS) is 1. The minimum atomic E-state index is -1.64. The smallest absolute Gasteiger partial charge is 0.334 e. The van der Waals surface area contributed by atoms with Crippen molar-refractivity contribution in [3.63, 3.8) is 0 Å². The molecule has 21 heavy (non-hydrogen) atoms. The monoisotopic (exact) mass is 287 g/mol. The lowest BCUT2D eigenvalue weighted by atomic mass is 9.90. The maximum Gasteiger partial charge on any atom is 0.334 e. The van der Waals surface area contributed by atoms with E-state index < -0.39 is 11.5 Å². The van der Waals surface area contributed by atoms with Crippen LogP contribution in [0.5, 0.6) is 0 Å². The molecular formula is C16H17NO4. The normalized spacial score (nSPS) is 27.6. The van der Waals surface area contributed by atoms with Gasteiger partial charge in [-0.15, -0.1) is 0 Å². The Labute approximate surface area is 122 Å². The summed E-state index contributed by atoms with van der Waals surface area (Å²) < 4.78 is 0. The Bertz CT molecular complexity index is 590. The maximum absolute atomic E-state index is 12.6. The highest BCUT2D eigenvalue weighted by atomic mass is 16.4. The van der Waals surface area contributed by atoms with E-state index in [2.05, 4.69) is 0 Å². The van der Waals surface area contributed by atoms with E-state index in [1.165, 1.54) is 6.92 Å². The van der Waals surface area contributed by atoms with Gasteiger partial charge in [0.25, 0.3) is 0 Å². The van der Waals surface area contributed by atoms with Crippen LogP contribution in [0.4, 0.5) is 0 Å². The van der Waals surface area contributed by atoms with Gasteiger partial charge in [0.05, 0.1) is 11.8 Å². The number of hydrogen-bond donors (Lipinski definition) is 1. The summed E-state index contributed by atoms with van der Waals surface area (Å²) in [4.78, 5) is 38.0. The van der Waals surface area contributed by atoms with Crippen molar-refractivity contribution in [1.29, 1.82) is 0 Å². The number of carbonyl (C=O) groups excluding carboxylic acids is 2. The molecular weight excluding hydrogens is 270 g/mol. The van der Waals surface area contributed by atoms with Crippen molar-refractivity contribution in [2.24, 2.45) is 11.8 Å². The molecule has 1 aromatic rings. The average molecular weight is 287 g/mol. The van der Waals surface area contributed by atoms with Crippen LogP contribution in [0.15, 0.2) is 30.3 Å². The lowest BCUT2D eigenvalue weighted by molar-refractivity contribution is -0.163. The van der Waals surface area contributed by atoms with Crippen molar-refractivity contribution in [2.45, 2.75) is 31.7 Å². The number of rotatable bonds is 3. The number of hydrogen-bond acceptors (Lipinski definition) is 3. The number of carbonyl (C=O) groups is 3. The fourth-order valence-electron chi connectivity index (χ4n) is 3.54. The second kappa shape index (κ2) is 4.69. The van der Waals surface area contributed by atoms with Gasteiger partial charge >= 0.3 is 5.97 Å². The second-order valence-corrected chi connectivity index (χ2v) is 5.90. The number of nitrogens with zero attached hydrogens (tertiary/aromatic N) is 1. The van der Waals surface area contributed by atoms with E-state index in [1.807, 2.05) is 0 Å². The molecule has 3 unspecified atom stereocenters. The Kier molecular flexibility index (Phi) is 3.08. The summed E-state index contributed by atoms with van der Waals surface area (Å²) in [6, 6.07) is 8.48. The Morgan fingerprint density at radius 3 is 2.14 bits per heavy atom. The van der Waals surface area contributed by atoms with E-state index in [4.69, 9.17) is 0 Å². The third kappa shape index (κ3) is 1.80. The third-order valence-corrected chi connectivity index (χ3v) is 4.79. The molecule has 110 valence electrons. The molecule has 3 atom stereocenters. The maximum atomic E-state index is 12.6. The second-order valence-electron chi connectivity index (χ2n) is 5.90. The highest BCUT2D eigenvalue weighted by Gasteiger charge is 2.58. The summed E-state index contributed by atoms with van der Waals surface area (Å²) in [5.74, 6) is -2.53. The molecule has 1 aromatic carbocycles. The lowest BCUT2D eigenvalue weighted by Crippen LogP contribution is -2.53. The van der Waals surface area contributed by atoms with Crippen LogP contribution in [-0.4, -0.2) is 27.8 Å². The number of benzene rings is 1. The zero-order chi connectivity index (χ0) is 15.2. The SMILES string of the molecule is CC(C(=O)O)(c1ccccc1)N1C(=O)C2CCCC2C1=O. The Hall–Kier alpha value is -2.17. The van der Waals surface area contributed by atoms with Crippen LogP contribution in [-0.2, 0) is 19.9 Å². The molecule has 1 saturated heterocycles. The van der Waals surface area contributed by atoms with E-state index in [1.54, 1.807) is 30.3 Å². The van der Waals surface area contributed by atoms with Gasteiger partial charge in [-0.25, -0.2) is 4.79 Å². The summed E-state index contributed by atoms with van der Waals surface area (Å²) in [5.41, 5.74) is -1.20. The first-order chi connectivity index (χ1) is 9.98. The topological polar surface area (TPSA) is 74.7 Å². The molecule has 1 aliphatic carbocycles. The van der Waals surface area contributed by atoms with Gasteiger partial charge in [-0.2, -0.15) is 0 Å². The van der Waals surface area contributed by atoms with Gasteiger partial charge in [0.2, 0.25) is 11.8 Å². The van der Waals surface area contributed by atoms with E-state index in [0.29, 0.717) is 18.4 Å². The molecule has 0 radical (unpaired) electrons. The number of fused-ring (bicyclic) bond motifs is 1. The minimum Gasteiger partial charge on any atom is -0.479 e. The van der Waals surface area contributed by atoms with Crippen molar-refractivity contribution in [3.8, 4) is 0 Å². The molecule has 1 heterocycles. The van der Waals surface area contributed by atoms with Crippen LogP contribution in [0.3, 0.4) is 0 Å². The minimum absolute atomic E-state index is 0.333. The Morgan fingerprint density at radius 2 is 1.67 bits per heavy atom. The average Bonchev–Trinajstić information content (AvgIpc) is 3.04. The molecule has 2 fully saturated rings. The van der Waals surface area contributed by atoms with Crippen LogP contribution in [0.1, 0.15) is 31.7 Å². The number of aliphatic carboxylic acids is 1. The summed E-state index contributed by atoms with van der Waals surface area (Å²) in [5, 5.41) is 9.70. The molecule has 5 nitrogen and oxygen atoms in total. The molecule has 1 aliphatic heterocycles. The molecule has 0 bridgehead atoms. The van der Waals surface area contributed by atoms with Crippen molar-refractivity contribution >= 4 is 17.8 Å². The number of imide groups is 1. The molecule has 0 spiro atoms. The zero-order valence-electron chi connectivity index (χ0n) is 11.8. The van der Waals surface area contributed by atoms with E-state index in [0.717, 1.165) is 11.3 Å². The number of carboxylic acids is 1. The quantitative estimate of drug-likeness (QED) is 0.860. The standard InChI is InChI=1S/C16H17NO4/c1-16(15(20)21,10-6-3-2-4-7-10)17-13(18)11-8-5-9-12(11)14(17)19/h2-4,6-7,11-12H,5,8-9H2,1H3,(H,20,21). The molecule has 2 aliphatic rings. The first-order valence-electron chi connectivity index (χ1n) is 7.14. The van der Waals surface area contributed by atoms with Crippen molar-refractivity contribution in [3.05, 3.63) is 35.9 Å². The van der Waals surface area contributed by atoms with Gasteiger partial charge < -0.3 is 5.11 Å². The summed E-state index contributed by atoms with van der Waals surface area (Å²) in [7, 11) is 0. The van der Waals surface area contributed by atoms with Crippen LogP contribution in [0.25, 0.3) is 0 Å². The van der Waals surface area contributed by atoms with Gasteiger partial charge in [-0.3, -0.25) is 14.5 Å². The first-order valence-corrected chi connectivity index (χ1v) is 7.14. The Morgan fingerprint density at radius 1 is 1.14 bits per heavy atom. The molecule has 0 aromatic heterocycles. The molecule has 1 N–H and O–H groups in total. The van der Waals surface area contributed by atoms with Gasteiger partial charge in [-0.05, 0) is 25.3 Å². The van der Waals surface area contributed by atoms with Crippen molar-refractivity contribution < 1.29 is 19.5 Å². The van der Waals surface area contributed by atoms with Gasteiger partial charge in [-0.1, -0.05) is 36.8 Å². The van der Waals surface area contributed by atoms with Crippen LogP contribution >= 0.6 is 0 Å². The third-order valence-electron chi connectivity index (χ3n) is 4.79. The number of amides is 2. The van der Waals surface area contributed by atoms with E-state index in [9.17, 15) is 19.5 Å². The fourth-order valence-corrected chi connectivity index (χ4v) is 3.54. The van der Waals surface area contributed by atoms with Crippen LogP contribution < -0.4 is 0 Å². The summed E-state index contributed by atoms with van der Waals surface area (Å²) in [6.07, 6.45) is 2.21. The molecule has 1 saturated carbocycles. The van der Waals surface area contributed by atoms with Crippen molar-refractivity contribution in [1.82, 2.24) is 4.90 Å². The molecule has 5 heteroatoms. The predicted molar refractivity (Wildman–Crippen MR) is 74.1 cm³/mol. The first kappa shape index (κ1) is 13.8. The largest absolute Gasteiger partial charge is 0.479 e. The van der Waals surface area contributed by atoms with Crippen LogP contribution in [0.2, 0.25) is 0 Å². The highest BCUT2D eigenvalue weighted by molar-refractivity contribution is 6.09. The van der Waals surface area contributed by atoms with E-state index >= 15 is 0 Å². The fraction of sp³-hybridized carbons (Fsp3) is 0.438. The Balaban J connectivity index is 2.09. The van der Waals surface area contributed by atoms with Crippen molar-refractivity contribution in [2.75, 3.05) is 0 Å². The van der Waals surface area contributed by atoms with Gasteiger partial charge in [0.15, 0.2) is 5.54 Å². The highest BCUT2D eigenvalue weighted by Crippen LogP contribution is 2.44. The lowest BCUT2D eigenvalue weighted by Gasteiger charge is -2.34. The predicted octanol–water partition coefficient (Wildman–Crippen LogP) is 1.77. The van der Waals surface area contributed by atoms with Gasteiger partial charge in [0, 0.05) is 0 Å². The zero-order valence-corrected chi connectivity index (χ0v) is 11.8.